The molecule has 1 N–H and O–H groups in total. The third kappa shape index (κ3) is 3.51. The van der Waals surface area contributed by atoms with E-state index in [1.54, 1.807) is 7.11 Å². The molecule has 0 amide bonds. The smallest absolute Gasteiger partial charge is 0.119 e. The molecular weight excluding hydrogens is 326 g/mol. The molecule has 1 aliphatic heterocycles. The van der Waals surface area contributed by atoms with Crippen LogP contribution in [0.1, 0.15) is 42.7 Å². The molecular formula is C21H29N3O2. The van der Waals surface area contributed by atoms with E-state index >= 15 is 0 Å². The Morgan fingerprint density at radius 3 is 3.04 bits per heavy atom. The van der Waals surface area contributed by atoms with Gasteiger partial charge in [0.25, 0.3) is 0 Å². The fraction of sp³-hybridized carbons (Fsp3) is 0.571. The van der Waals surface area contributed by atoms with Crippen LogP contribution in [-0.2, 0) is 24.1 Å². The fourth-order valence-corrected chi connectivity index (χ4v) is 4.37. The van der Waals surface area contributed by atoms with Gasteiger partial charge in [-0.15, -0.1) is 0 Å². The molecule has 140 valence electrons. The van der Waals surface area contributed by atoms with E-state index < -0.39 is 0 Å². The number of aryl methyl sites for hydroxylation is 2. The highest BCUT2D eigenvalue weighted by molar-refractivity contribution is 5.37. The maximum absolute atomic E-state index is 6.06. The molecule has 0 saturated carbocycles. The van der Waals surface area contributed by atoms with Crippen molar-refractivity contribution in [2.45, 2.75) is 51.3 Å². The van der Waals surface area contributed by atoms with Crippen molar-refractivity contribution in [1.29, 1.82) is 0 Å². The number of nitrogens with zero attached hydrogens (tertiary/aromatic N) is 2. The van der Waals surface area contributed by atoms with Crippen LogP contribution in [0.3, 0.4) is 0 Å². The first-order valence-electron chi connectivity index (χ1n) is 9.81. The van der Waals surface area contributed by atoms with Crippen molar-refractivity contribution in [2.24, 2.45) is 5.92 Å². The second kappa shape index (κ2) is 7.80. The number of nitrogens with one attached hydrogen (secondary N) is 1. The second-order valence-electron chi connectivity index (χ2n) is 7.39. The Hall–Kier alpha value is -1.85. The monoisotopic (exact) mass is 355 g/mol. The fourth-order valence-electron chi connectivity index (χ4n) is 4.37. The lowest BCUT2D eigenvalue weighted by molar-refractivity contribution is 0.0822. The Morgan fingerprint density at radius 2 is 2.19 bits per heavy atom. The first-order valence-corrected chi connectivity index (χ1v) is 9.81. The number of rotatable bonds is 6. The lowest BCUT2D eigenvalue weighted by Gasteiger charge is -2.28. The first-order chi connectivity index (χ1) is 12.8. The van der Waals surface area contributed by atoms with Gasteiger partial charge >= 0.3 is 0 Å². The van der Waals surface area contributed by atoms with Crippen LogP contribution in [0.15, 0.2) is 30.5 Å². The van der Waals surface area contributed by atoms with Crippen LogP contribution in [0.4, 0.5) is 0 Å². The molecule has 26 heavy (non-hydrogen) atoms. The van der Waals surface area contributed by atoms with Crippen molar-refractivity contribution in [3.05, 3.63) is 47.3 Å². The lowest BCUT2D eigenvalue weighted by atomic mass is 9.87. The molecule has 3 atom stereocenters. The number of hydrogen-bond donors (Lipinski definition) is 1. The summed E-state index contributed by atoms with van der Waals surface area (Å²) in [6.07, 6.45) is 6.59. The maximum Gasteiger partial charge on any atom is 0.119 e. The van der Waals surface area contributed by atoms with Crippen LogP contribution in [0, 0.1) is 5.92 Å². The highest BCUT2D eigenvalue weighted by atomic mass is 16.5. The van der Waals surface area contributed by atoms with Crippen LogP contribution >= 0.6 is 0 Å². The Labute approximate surface area is 155 Å². The highest BCUT2D eigenvalue weighted by Crippen LogP contribution is 2.34. The van der Waals surface area contributed by atoms with Gasteiger partial charge in [-0.1, -0.05) is 6.07 Å². The third-order valence-corrected chi connectivity index (χ3v) is 5.87. The van der Waals surface area contributed by atoms with Gasteiger partial charge in [0.15, 0.2) is 0 Å². The summed E-state index contributed by atoms with van der Waals surface area (Å²) in [6, 6.07) is 9.13. The van der Waals surface area contributed by atoms with E-state index in [0.717, 1.165) is 44.7 Å². The molecule has 1 aromatic carbocycles. The van der Waals surface area contributed by atoms with Gasteiger partial charge in [-0.25, -0.2) is 0 Å². The van der Waals surface area contributed by atoms with Gasteiger partial charge in [0.1, 0.15) is 11.9 Å². The van der Waals surface area contributed by atoms with E-state index in [9.17, 15) is 0 Å². The molecule has 2 heterocycles. The SMILES string of the molecule is CCn1nccc1[C@@H]1OCC[C@H]1CN[C@@H]1CCc2ccc(OC)cc2C1. The van der Waals surface area contributed by atoms with Crippen LogP contribution < -0.4 is 10.1 Å². The molecule has 0 bridgehead atoms. The molecule has 5 heteroatoms. The largest absolute Gasteiger partial charge is 0.497 e. The topological polar surface area (TPSA) is 48.3 Å². The minimum absolute atomic E-state index is 0.168. The molecule has 0 radical (unpaired) electrons. The van der Waals surface area contributed by atoms with E-state index in [0.29, 0.717) is 12.0 Å². The zero-order valence-electron chi connectivity index (χ0n) is 15.8. The molecule has 1 saturated heterocycles. The minimum Gasteiger partial charge on any atom is -0.497 e. The van der Waals surface area contributed by atoms with Gasteiger partial charge in [0.05, 0.1) is 12.8 Å². The standard InChI is InChI=1S/C21H29N3O2/c1-3-24-20(8-10-23-24)21-16(9-11-26-21)14-22-18-6-4-15-5-7-19(25-2)13-17(15)12-18/h5,7-8,10,13,16,18,21-22H,3-4,6,9,11-12,14H2,1-2H3/t16-,18+,21+/m0/s1. The molecule has 1 fully saturated rings. The number of benzene rings is 1. The third-order valence-electron chi connectivity index (χ3n) is 5.87. The maximum atomic E-state index is 6.06. The lowest BCUT2D eigenvalue weighted by Crippen LogP contribution is -2.38. The highest BCUT2D eigenvalue weighted by Gasteiger charge is 2.32. The van der Waals surface area contributed by atoms with E-state index in [-0.39, 0.29) is 6.10 Å². The summed E-state index contributed by atoms with van der Waals surface area (Å²) in [5, 5.41) is 8.23. The quantitative estimate of drug-likeness (QED) is 0.865. The molecule has 5 nitrogen and oxygen atoms in total. The number of hydrogen-bond acceptors (Lipinski definition) is 4. The molecule has 1 aromatic heterocycles. The van der Waals surface area contributed by atoms with E-state index in [2.05, 4.69) is 46.3 Å². The van der Waals surface area contributed by atoms with Crippen molar-refractivity contribution in [3.63, 3.8) is 0 Å². The molecule has 2 aliphatic rings. The average Bonchev–Trinajstić information content (AvgIpc) is 3.33. The zero-order valence-corrected chi connectivity index (χ0v) is 15.8. The van der Waals surface area contributed by atoms with Crippen LogP contribution in [0.5, 0.6) is 5.75 Å². The normalized spacial score (nSPS) is 25.2. The molecule has 4 rings (SSSR count). The van der Waals surface area contributed by atoms with Crippen LogP contribution in [-0.4, -0.2) is 36.1 Å². The first kappa shape index (κ1) is 17.6. The van der Waals surface area contributed by atoms with Gasteiger partial charge < -0.3 is 14.8 Å². The average molecular weight is 355 g/mol. The summed E-state index contributed by atoms with van der Waals surface area (Å²) in [6.45, 7) is 4.87. The Bertz CT molecular complexity index is 743. The van der Waals surface area contributed by atoms with Crippen molar-refractivity contribution in [1.82, 2.24) is 15.1 Å². The summed E-state index contributed by atoms with van der Waals surface area (Å²) in [5.41, 5.74) is 4.12. The van der Waals surface area contributed by atoms with Gasteiger partial charge in [-0.2, -0.15) is 5.10 Å². The summed E-state index contributed by atoms with van der Waals surface area (Å²) in [7, 11) is 1.74. The van der Waals surface area contributed by atoms with Gasteiger partial charge in [-0.05, 0) is 61.9 Å². The predicted octanol–water partition coefficient (Wildman–Crippen LogP) is 3.14. The molecule has 0 unspecified atom stereocenters. The summed E-state index contributed by atoms with van der Waals surface area (Å²) in [4.78, 5) is 0. The van der Waals surface area contributed by atoms with Gasteiger partial charge in [0.2, 0.25) is 0 Å². The van der Waals surface area contributed by atoms with Gasteiger partial charge in [-0.3, -0.25) is 4.68 Å². The zero-order chi connectivity index (χ0) is 17.9. The van der Waals surface area contributed by atoms with Crippen molar-refractivity contribution in [2.75, 3.05) is 20.3 Å². The van der Waals surface area contributed by atoms with Crippen LogP contribution in [0.25, 0.3) is 0 Å². The summed E-state index contributed by atoms with van der Waals surface area (Å²) in [5.74, 6) is 1.48. The number of methoxy groups -OCH3 is 1. The molecule has 0 spiro atoms. The summed E-state index contributed by atoms with van der Waals surface area (Å²) < 4.78 is 13.5. The molecule has 2 aromatic rings. The summed E-state index contributed by atoms with van der Waals surface area (Å²) >= 11 is 0. The van der Waals surface area contributed by atoms with Crippen molar-refractivity contribution < 1.29 is 9.47 Å². The van der Waals surface area contributed by atoms with E-state index in [1.807, 2.05) is 6.20 Å². The Balaban J connectivity index is 1.38. The van der Waals surface area contributed by atoms with Gasteiger partial charge in [0, 0.05) is 37.9 Å². The number of ether oxygens (including phenoxy) is 2. The number of aromatic nitrogens is 2. The predicted molar refractivity (Wildman–Crippen MR) is 102 cm³/mol. The minimum atomic E-state index is 0.168. The van der Waals surface area contributed by atoms with Crippen LogP contribution in [0.2, 0.25) is 0 Å². The Morgan fingerprint density at radius 1 is 1.27 bits per heavy atom. The number of fused-ring (bicyclic) bond motifs is 1. The Kier molecular flexibility index (Phi) is 5.27. The second-order valence-corrected chi connectivity index (χ2v) is 7.39. The van der Waals surface area contributed by atoms with Crippen molar-refractivity contribution in [3.8, 4) is 5.75 Å². The molecule has 1 aliphatic carbocycles. The van der Waals surface area contributed by atoms with E-state index in [1.165, 1.54) is 23.2 Å². The van der Waals surface area contributed by atoms with Crippen molar-refractivity contribution >= 4 is 0 Å². The van der Waals surface area contributed by atoms with E-state index in [4.69, 9.17) is 9.47 Å².